The first-order valence-corrected chi connectivity index (χ1v) is 17.8. The van der Waals surface area contributed by atoms with Gasteiger partial charge in [0.05, 0.1) is 11.1 Å². The van der Waals surface area contributed by atoms with E-state index >= 15 is 0 Å². The molecule has 0 aromatic heterocycles. The van der Waals surface area contributed by atoms with Gasteiger partial charge in [-0.3, -0.25) is 0 Å². The second-order valence-corrected chi connectivity index (χ2v) is 15.4. The fraction of sp³-hybridized carbons (Fsp3) is 0.277. The molecular weight excluding hydrogens is 593 g/mol. The van der Waals surface area contributed by atoms with Crippen LogP contribution in [0.5, 0.6) is 0 Å². The highest BCUT2D eigenvalue weighted by molar-refractivity contribution is 5.84. The van der Waals surface area contributed by atoms with Gasteiger partial charge in [0, 0.05) is 41.5 Å². The van der Waals surface area contributed by atoms with Crippen LogP contribution in [-0.4, -0.2) is 11.1 Å². The van der Waals surface area contributed by atoms with E-state index < -0.39 is 0 Å². The lowest BCUT2D eigenvalue weighted by molar-refractivity contribution is 0.551. The lowest BCUT2D eigenvalue weighted by Crippen LogP contribution is -2.44. The molecule has 0 aliphatic carbocycles. The first-order chi connectivity index (χ1) is 23.4. The van der Waals surface area contributed by atoms with Gasteiger partial charge in [-0.05, 0) is 130 Å². The Balaban J connectivity index is 1.38. The van der Waals surface area contributed by atoms with Crippen molar-refractivity contribution in [2.75, 3.05) is 9.80 Å². The van der Waals surface area contributed by atoms with Crippen molar-refractivity contribution in [1.82, 2.24) is 0 Å². The second-order valence-electron chi connectivity index (χ2n) is 15.4. The summed E-state index contributed by atoms with van der Waals surface area (Å²) < 4.78 is 0. The topological polar surface area (TPSA) is 6.48 Å². The van der Waals surface area contributed by atoms with Gasteiger partial charge in [0.25, 0.3) is 0 Å². The molecule has 5 aromatic carbocycles. The van der Waals surface area contributed by atoms with Crippen LogP contribution in [0.25, 0.3) is 11.1 Å². The Bertz CT molecular complexity index is 1920. The zero-order valence-corrected chi connectivity index (χ0v) is 30.5. The first kappa shape index (κ1) is 32.7. The predicted molar refractivity (Wildman–Crippen MR) is 210 cm³/mol. The third-order valence-corrected chi connectivity index (χ3v) is 10.9. The smallest absolute Gasteiger partial charge is 0.0538 e. The zero-order valence-electron chi connectivity index (χ0n) is 30.5. The summed E-state index contributed by atoms with van der Waals surface area (Å²) in [6.45, 7) is 20.3. The molecule has 248 valence electrons. The highest BCUT2D eigenvalue weighted by atomic mass is 15.2. The second kappa shape index (κ2) is 12.6. The molecule has 5 aromatic rings. The van der Waals surface area contributed by atoms with Gasteiger partial charge in [-0.1, -0.05) is 103 Å². The van der Waals surface area contributed by atoms with Crippen LogP contribution in [0.15, 0.2) is 127 Å². The van der Waals surface area contributed by atoms with E-state index in [4.69, 9.17) is 0 Å². The third kappa shape index (κ3) is 6.14. The molecule has 2 aliphatic heterocycles. The summed E-state index contributed by atoms with van der Waals surface area (Å²) in [5.41, 5.74) is 17.2. The molecule has 2 heteroatoms. The molecule has 0 saturated heterocycles. The maximum atomic E-state index is 2.58. The Morgan fingerprint density at radius 3 is 1.24 bits per heavy atom. The fourth-order valence-electron chi connectivity index (χ4n) is 8.39. The Labute approximate surface area is 294 Å². The van der Waals surface area contributed by atoms with Crippen LogP contribution in [0.4, 0.5) is 11.4 Å². The number of aryl methyl sites for hydroxylation is 2. The van der Waals surface area contributed by atoms with Crippen molar-refractivity contribution >= 4 is 22.5 Å². The van der Waals surface area contributed by atoms with Gasteiger partial charge in [-0.2, -0.15) is 0 Å². The molecule has 0 N–H and O–H groups in total. The minimum absolute atomic E-state index is 0.0992. The molecule has 0 bridgehead atoms. The summed E-state index contributed by atoms with van der Waals surface area (Å²) in [6, 6.07) is 42.8. The van der Waals surface area contributed by atoms with Gasteiger partial charge < -0.3 is 9.80 Å². The van der Waals surface area contributed by atoms with Crippen LogP contribution in [-0.2, 0) is 13.1 Å². The van der Waals surface area contributed by atoms with Crippen LogP contribution in [0.3, 0.4) is 0 Å². The normalized spacial score (nSPS) is 16.2. The zero-order chi connectivity index (χ0) is 34.5. The van der Waals surface area contributed by atoms with Crippen LogP contribution < -0.4 is 9.80 Å². The largest absolute Gasteiger partial charge is 0.358 e. The number of rotatable bonds is 7. The van der Waals surface area contributed by atoms with Crippen molar-refractivity contribution in [2.24, 2.45) is 0 Å². The molecule has 49 heavy (non-hydrogen) atoms. The first-order valence-electron chi connectivity index (χ1n) is 17.8. The molecular formula is C47H50N2. The molecule has 0 saturated carbocycles. The van der Waals surface area contributed by atoms with Crippen LogP contribution in [0.1, 0.15) is 97.5 Å². The lowest BCUT2D eigenvalue weighted by atomic mass is 9.77. The quantitative estimate of drug-likeness (QED) is 0.163. The maximum absolute atomic E-state index is 2.58. The number of allylic oxidation sites excluding steroid dienone is 2. The van der Waals surface area contributed by atoms with Crippen LogP contribution >= 0.6 is 0 Å². The SMILES string of the molecule is CC1=CC(C)(C)N(Cc2ccccc2)c2cc(C)c(C(c3ccccc3)c3cc4c(cc3C)N(Cc3ccccc3)C(C)(C)C=C4C)cc21. The number of nitrogens with zero attached hydrogens (tertiary/aromatic N) is 2. The number of fused-ring (bicyclic) bond motifs is 2. The minimum Gasteiger partial charge on any atom is -0.358 e. The van der Waals surface area contributed by atoms with E-state index in [9.17, 15) is 0 Å². The van der Waals surface area contributed by atoms with Crippen LogP contribution in [0.2, 0.25) is 0 Å². The molecule has 0 atom stereocenters. The lowest BCUT2D eigenvalue weighted by Gasteiger charge is -2.44. The molecule has 0 radical (unpaired) electrons. The number of benzene rings is 5. The maximum Gasteiger partial charge on any atom is 0.0538 e. The summed E-state index contributed by atoms with van der Waals surface area (Å²) in [6.07, 6.45) is 4.91. The Hall–Kier alpha value is -4.82. The third-order valence-electron chi connectivity index (χ3n) is 10.9. The van der Waals surface area contributed by atoms with E-state index in [-0.39, 0.29) is 17.0 Å². The van der Waals surface area contributed by atoms with Gasteiger partial charge >= 0.3 is 0 Å². The van der Waals surface area contributed by atoms with Crippen molar-refractivity contribution in [3.8, 4) is 0 Å². The van der Waals surface area contributed by atoms with E-state index in [0.717, 1.165) is 13.1 Å². The number of hydrogen-bond acceptors (Lipinski definition) is 2. The van der Waals surface area contributed by atoms with Crippen molar-refractivity contribution in [2.45, 2.75) is 85.5 Å². The monoisotopic (exact) mass is 642 g/mol. The summed E-state index contributed by atoms with van der Waals surface area (Å²) >= 11 is 0. The molecule has 0 amide bonds. The minimum atomic E-state index is -0.0992. The predicted octanol–water partition coefficient (Wildman–Crippen LogP) is 11.9. The summed E-state index contributed by atoms with van der Waals surface area (Å²) in [4.78, 5) is 5.17. The van der Waals surface area contributed by atoms with Crippen molar-refractivity contribution < 1.29 is 0 Å². The highest BCUT2D eigenvalue weighted by Gasteiger charge is 2.35. The van der Waals surface area contributed by atoms with Gasteiger partial charge in [-0.15, -0.1) is 0 Å². The van der Waals surface area contributed by atoms with Crippen molar-refractivity contribution in [3.63, 3.8) is 0 Å². The number of anilines is 2. The fourth-order valence-corrected chi connectivity index (χ4v) is 8.39. The molecule has 7 rings (SSSR count). The molecule has 0 spiro atoms. The Morgan fingerprint density at radius 1 is 0.490 bits per heavy atom. The summed E-state index contributed by atoms with van der Waals surface area (Å²) in [5, 5.41) is 0. The van der Waals surface area contributed by atoms with Crippen LogP contribution in [0, 0.1) is 13.8 Å². The Kier molecular flexibility index (Phi) is 8.39. The molecule has 2 heterocycles. The van der Waals surface area contributed by atoms with E-state index in [1.54, 1.807) is 0 Å². The standard InChI is InChI=1S/C47H50N2/c1-32-24-43-39(34(3)28-46(5,6)48(43)30-36-18-12-9-13-19-36)26-41(32)45(38-22-16-11-17-23-38)42-27-40-35(4)29-47(7,8)49(44(40)25-33(42)2)31-37-20-14-10-15-21-37/h9-29,45H,30-31H2,1-8H3. The van der Waals surface area contributed by atoms with E-state index in [1.165, 1.54) is 72.6 Å². The molecule has 0 unspecified atom stereocenters. The molecule has 0 fully saturated rings. The highest BCUT2D eigenvalue weighted by Crippen LogP contribution is 2.47. The van der Waals surface area contributed by atoms with E-state index in [0.29, 0.717) is 0 Å². The Morgan fingerprint density at radius 2 is 0.857 bits per heavy atom. The number of hydrogen-bond donors (Lipinski definition) is 0. The summed E-state index contributed by atoms with van der Waals surface area (Å²) in [5.74, 6) is 0.104. The average Bonchev–Trinajstić information content (AvgIpc) is 3.07. The summed E-state index contributed by atoms with van der Waals surface area (Å²) in [7, 11) is 0. The molecule has 2 nitrogen and oxygen atoms in total. The molecule has 2 aliphatic rings. The van der Waals surface area contributed by atoms with Crippen molar-refractivity contribution in [1.29, 1.82) is 0 Å². The van der Waals surface area contributed by atoms with Gasteiger partial charge in [-0.25, -0.2) is 0 Å². The van der Waals surface area contributed by atoms with Gasteiger partial charge in [0.1, 0.15) is 0 Å². The van der Waals surface area contributed by atoms with Gasteiger partial charge in [0.15, 0.2) is 0 Å². The average molecular weight is 643 g/mol. The van der Waals surface area contributed by atoms with Crippen molar-refractivity contribution in [3.05, 3.63) is 177 Å². The van der Waals surface area contributed by atoms with Gasteiger partial charge in [0.2, 0.25) is 0 Å². The van der Waals surface area contributed by atoms with E-state index in [2.05, 4.69) is 193 Å². The van der Waals surface area contributed by atoms with E-state index in [1.807, 2.05) is 0 Å².